The summed E-state index contributed by atoms with van der Waals surface area (Å²) in [6.07, 6.45) is 37.3. The zero-order valence-corrected chi connectivity index (χ0v) is 33.6. The third kappa shape index (κ3) is 27.2. The van der Waals surface area contributed by atoms with Crippen LogP contribution in [0.3, 0.4) is 0 Å². The molecule has 6 unspecified atom stereocenters. The molecule has 1 saturated heterocycles. The molecule has 1 fully saturated rings. The first kappa shape index (κ1) is 49.9. The molecule has 0 radical (unpaired) electrons. The smallest absolute Gasteiger partial charge is 0.306 e. The van der Waals surface area contributed by atoms with E-state index in [4.69, 9.17) is 18.9 Å². The Kier molecular flexibility index (Phi) is 32.0. The number of allylic oxidation sites excluding steroid dienone is 14. The van der Waals surface area contributed by atoms with Gasteiger partial charge in [-0.3, -0.25) is 9.59 Å². The van der Waals surface area contributed by atoms with Crippen LogP contribution in [0.5, 0.6) is 0 Å². The summed E-state index contributed by atoms with van der Waals surface area (Å²) in [5.41, 5.74) is 0. The van der Waals surface area contributed by atoms with Crippen molar-refractivity contribution >= 4 is 11.9 Å². The van der Waals surface area contributed by atoms with Crippen molar-refractivity contribution in [1.82, 2.24) is 0 Å². The quantitative estimate of drug-likeness (QED) is 0.0299. The summed E-state index contributed by atoms with van der Waals surface area (Å²) in [6.45, 7) is 3.10. The Morgan fingerprint density at radius 2 is 1.02 bits per heavy atom. The molecular weight excluding hydrogens is 700 g/mol. The van der Waals surface area contributed by atoms with Crippen molar-refractivity contribution in [2.45, 2.75) is 166 Å². The molecule has 1 heterocycles. The minimum Gasteiger partial charge on any atom is -0.462 e. The summed E-state index contributed by atoms with van der Waals surface area (Å²) in [5, 5.41) is 40.0. The molecule has 10 heteroatoms. The van der Waals surface area contributed by atoms with Gasteiger partial charge in [-0.25, -0.2) is 0 Å². The Bertz CT molecular complexity index is 1170. The maximum absolute atomic E-state index is 12.7. The monoisotopic (exact) mass is 773 g/mol. The van der Waals surface area contributed by atoms with Crippen LogP contribution in [-0.2, 0) is 28.5 Å². The average Bonchev–Trinajstić information content (AvgIpc) is 3.18. The zero-order valence-electron chi connectivity index (χ0n) is 33.6. The SMILES string of the molecule is CC/C=C\C/C=C\C/C=C\C/C=C\CCCCCCC(=O)OC(COC(=O)CCCCC/C=C\C/C=C\C/C=C\CC)COC1OC(CO)C(O)C(O)C1O. The van der Waals surface area contributed by atoms with E-state index >= 15 is 0 Å². The lowest BCUT2D eigenvalue weighted by Gasteiger charge is -2.39. The first-order valence-electron chi connectivity index (χ1n) is 20.7. The number of rotatable bonds is 32. The maximum Gasteiger partial charge on any atom is 0.306 e. The lowest BCUT2D eigenvalue weighted by Crippen LogP contribution is -2.59. The fourth-order valence-corrected chi connectivity index (χ4v) is 5.54. The molecule has 312 valence electrons. The Morgan fingerprint density at radius 1 is 0.564 bits per heavy atom. The Morgan fingerprint density at radius 3 is 1.53 bits per heavy atom. The lowest BCUT2D eigenvalue weighted by atomic mass is 9.99. The van der Waals surface area contributed by atoms with Gasteiger partial charge in [0.15, 0.2) is 12.4 Å². The fraction of sp³-hybridized carbons (Fsp3) is 0.644. The van der Waals surface area contributed by atoms with Crippen molar-refractivity contribution in [3.05, 3.63) is 85.1 Å². The zero-order chi connectivity index (χ0) is 40.2. The van der Waals surface area contributed by atoms with Gasteiger partial charge in [0.25, 0.3) is 0 Å². The molecule has 4 N–H and O–H groups in total. The molecule has 0 spiro atoms. The van der Waals surface area contributed by atoms with E-state index < -0.39 is 55.4 Å². The molecule has 1 aliphatic rings. The topological polar surface area (TPSA) is 152 Å². The largest absolute Gasteiger partial charge is 0.462 e. The van der Waals surface area contributed by atoms with E-state index in [2.05, 4.69) is 98.9 Å². The van der Waals surface area contributed by atoms with Gasteiger partial charge in [0.1, 0.15) is 31.0 Å². The van der Waals surface area contributed by atoms with Crippen LogP contribution in [0.15, 0.2) is 85.1 Å². The van der Waals surface area contributed by atoms with Crippen molar-refractivity contribution in [2.75, 3.05) is 19.8 Å². The van der Waals surface area contributed by atoms with Crippen LogP contribution < -0.4 is 0 Å². The Hall–Kier alpha value is -3.12. The second kappa shape index (κ2) is 35.3. The van der Waals surface area contributed by atoms with Crippen LogP contribution in [0.2, 0.25) is 0 Å². The molecule has 55 heavy (non-hydrogen) atoms. The van der Waals surface area contributed by atoms with E-state index in [1.54, 1.807) is 0 Å². The van der Waals surface area contributed by atoms with Crippen molar-refractivity contribution < 1.29 is 49.0 Å². The summed E-state index contributed by atoms with van der Waals surface area (Å²) < 4.78 is 22.0. The predicted molar refractivity (Wildman–Crippen MR) is 219 cm³/mol. The summed E-state index contributed by atoms with van der Waals surface area (Å²) in [7, 11) is 0. The van der Waals surface area contributed by atoms with Crippen LogP contribution in [0.1, 0.15) is 129 Å². The highest BCUT2D eigenvalue weighted by Crippen LogP contribution is 2.22. The third-order valence-electron chi connectivity index (χ3n) is 8.78. The maximum atomic E-state index is 12.7. The van der Waals surface area contributed by atoms with Crippen LogP contribution in [-0.4, -0.2) is 89.0 Å². The summed E-state index contributed by atoms with van der Waals surface area (Å²) in [4.78, 5) is 25.2. The second-order valence-electron chi connectivity index (χ2n) is 13.7. The number of hydrogen-bond acceptors (Lipinski definition) is 10. The van der Waals surface area contributed by atoms with Crippen molar-refractivity contribution in [1.29, 1.82) is 0 Å². The van der Waals surface area contributed by atoms with E-state index in [9.17, 15) is 30.0 Å². The fourth-order valence-electron chi connectivity index (χ4n) is 5.54. The number of carbonyl (C=O) groups is 2. The Labute approximate surface area is 331 Å². The lowest BCUT2D eigenvalue weighted by molar-refractivity contribution is -0.305. The van der Waals surface area contributed by atoms with Crippen LogP contribution in [0.4, 0.5) is 0 Å². The molecule has 0 bridgehead atoms. The molecule has 0 aromatic heterocycles. The molecule has 0 amide bonds. The number of aliphatic hydroxyl groups is 4. The molecule has 0 aromatic carbocycles. The standard InChI is InChI=1S/C45H72O10/c1-3-5-7-9-11-13-15-17-18-19-20-22-24-26-28-30-32-34-41(48)54-38(37-53-45-44(51)43(50)42(49)39(35-46)55-45)36-52-40(47)33-31-29-27-25-23-21-16-14-12-10-8-6-4-2/h5-8,11-14,17-18,20-23,38-39,42-46,49-51H,3-4,9-10,15-16,19,24-37H2,1-2H3/b7-5-,8-6-,13-11-,14-12-,18-17-,22-20-,23-21-. The van der Waals surface area contributed by atoms with Gasteiger partial charge < -0.3 is 39.4 Å². The molecule has 1 rings (SSSR count). The Balaban J connectivity index is 2.42. The summed E-state index contributed by atoms with van der Waals surface area (Å²) >= 11 is 0. The normalized spacial score (nSPS) is 21.5. The van der Waals surface area contributed by atoms with Crippen LogP contribution >= 0.6 is 0 Å². The molecule has 0 aliphatic carbocycles. The minimum atomic E-state index is -1.61. The van der Waals surface area contributed by atoms with E-state index in [1.807, 2.05) is 0 Å². The van der Waals surface area contributed by atoms with E-state index in [0.29, 0.717) is 12.8 Å². The van der Waals surface area contributed by atoms with Gasteiger partial charge in [0.05, 0.1) is 13.2 Å². The first-order valence-corrected chi connectivity index (χ1v) is 20.7. The van der Waals surface area contributed by atoms with Crippen molar-refractivity contribution in [3.8, 4) is 0 Å². The average molecular weight is 773 g/mol. The molecule has 1 aliphatic heterocycles. The van der Waals surface area contributed by atoms with Crippen LogP contribution in [0, 0.1) is 0 Å². The number of ether oxygens (including phenoxy) is 4. The molecule has 0 saturated carbocycles. The molecule has 10 nitrogen and oxygen atoms in total. The highest BCUT2D eigenvalue weighted by molar-refractivity contribution is 5.70. The highest BCUT2D eigenvalue weighted by atomic mass is 16.7. The number of unbranched alkanes of at least 4 members (excludes halogenated alkanes) is 7. The van der Waals surface area contributed by atoms with Crippen molar-refractivity contribution in [3.63, 3.8) is 0 Å². The van der Waals surface area contributed by atoms with Crippen molar-refractivity contribution in [2.24, 2.45) is 0 Å². The molecular formula is C45H72O10. The van der Waals surface area contributed by atoms with Gasteiger partial charge in [0, 0.05) is 12.8 Å². The number of hydrogen-bond donors (Lipinski definition) is 4. The third-order valence-corrected chi connectivity index (χ3v) is 8.78. The molecule has 6 atom stereocenters. The number of esters is 2. The minimum absolute atomic E-state index is 0.190. The number of aliphatic hydroxyl groups excluding tert-OH is 4. The van der Waals surface area contributed by atoms with E-state index in [1.165, 1.54) is 0 Å². The predicted octanol–water partition coefficient (Wildman–Crippen LogP) is 8.21. The van der Waals surface area contributed by atoms with Gasteiger partial charge >= 0.3 is 11.9 Å². The van der Waals surface area contributed by atoms with E-state index in [-0.39, 0.29) is 26.1 Å². The van der Waals surface area contributed by atoms with Gasteiger partial charge in [-0.05, 0) is 83.5 Å². The highest BCUT2D eigenvalue weighted by Gasteiger charge is 2.44. The molecule has 0 aromatic rings. The van der Waals surface area contributed by atoms with Gasteiger partial charge in [0.2, 0.25) is 0 Å². The van der Waals surface area contributed by atoms with E-state index in [0.717, 1.165) is 89.9 Å². The van der Waals surface area contributed by atoms with Gasteiger partial charge in [-0.2, -0.15) is 0 Å². The van der Waals surface area contributed by atoms with Crippen LogP contribution in [0.25, 0.3) is 0 Å². The van der Waals surface area contributed by atoms with Gasteiger partial charge in [-0.15, -0.1) is 0 Å². The summed E-state index contributed by atoms with van der Waals surface area (Å²) in [5.74, 6) is -0.880. The van der Waals surface area contributed by atoms with Gasteiger partial charge in [-0.1, -0.05) is 118 Å². The second-order valence-corrected chi connectivity index (χ2v) is 13.7. The number of carbonyl (C=O) groups excluding carboxylic acids is 2. The summed E-state index contributed by atoms with van der Waals surface area (Å²) in [6, 6.07) is 0. The first-order chi connectivity index (χ1) is 26.8.